The highest BCUT2D eigenvalue weighted by Crippen LogP contribution is 2.20. The first kappa shape index (κ1) is 17.5. The second kappa shape index (κ2) is 7.28. The third kappa shape index (κ3) is 4.20. The fraction of sp³-hybridized carbons (Fsp3) is 0.400. The summed E-state index contributed by atoms with van der Waals surface area (Å²) in [5.74, 6) is -0.772. The highest BCUT2D eigenvalue weighted by Gasteiger charge is 2.28. The van der Waals surface area contributed by atoms with Gasteiger partial charge in [-0.2, -0.15) is 15.0 Å². The van der Waals surface area contributed by atoms with Gasteiger partial charge < -0.3 is 4.90 Å². The van der Waals surface area contributed by atoms with Crippen molar-refractivity contribution in [2.45, 2.75) is 23.8 Å². The molecule has 1 atom stereocenters. The van der Waals surface area contributed by atoms with Gasteiger partial charge in [-0.25, -0.2) is 17.5 Å². The quantitative estimate of drug-likeness (QED) is 0.805. The molecule has 1 aromatic carbocycles. The Balaban J connectivity index is 1.50. The van der Waals surface area contributed by atoms with E-state index in [1.165, 1.54) is 18.2 Å². The number of sulfonamides is 1. The maximum Gasteiger partial charge on any atom is 0.240 e. The number of halogens is 1. The van der Waals surface area contributed by atoms with Crippen molar-refractivity contribution in [1.82, 2.24) is 24.6 Å². The smallest absolute Gasteiger partial charge is 0.240 e. The summed E-state index contributed by atoms with van der Waals surface area (Å²) >= 11 is 0. The Labute approximate surface area is 144 Å². The highest BCUT2D eigenvalue weighted by molar-refractivity contribution is 7.89. The standard InChI is InChI=1S/C15H18FN5O3S/c16-12-2-1-3-14(10-12)25(23,24)19-6-4-15(22)20-9-5-13(11-20)21-17-7-8-18-21/h1-3,7-8,10,13,19H,4-6,9,11H2. The summed E-state index contributed by atoms with van der Waals surface area (Å²) in [4.78, 5) is 15.3. The summed E-state index contributed by atoms with van der Waals surface area (Å²) in [5.41, 5.74) is 0. The van der Waals surface area contributed by atoms with Crippen molar-refractivity contribution < 1.29 is 17.6 Å². The number of nitrogens with one attached hydrogen (secondary N) is 1. The van der Waals surface area contributed by atoms with E-state index in [0.29, 0.717) is 13.1 Å². The van der Waals surface area contributed by atoms with Gasteiger partial charge in [0.15, 0.2) is 0 Å². The Hall–Kier alpha value is -2.33. The average molecular weight is 367 g/mol. The first-order valence-electron chi connectivity index (χ1n) is 7.84. The zero-order valence-electron chi connectivity index (χ0n) is 13.4. The number of likely N-dealkylation sites (tertiary alicyclic amines) is 1. The molecule has 25 heavy (non-hydrogen) atoms. The molecule has 10 heteroatoms. The first-order chi connectivity index (χ1) is 12.0. The second-order valence-electron chi connectivity index (χ2n) is 5.74. The summed E-state index contributed by atoms with van der Waals surface area (Å²) in [5, 5.41) is 8.14. The van der Waals surface area contributed by atoms with E-state index < -0.39 is 15.8 Å². The Kier molecular flexibility index (Phi) is 5.09. The van der Waals surface area contributed by atoms with Gasteiger partial charge in [-0.05, 0) is 24.6 Å². The third-order valence-corrected chi connectivity index (χ3v) is 5.48. The largest absolute Gasteiger partial charge is 0.340 e. The fourth-order valence-electron chi connectivity index (χ4n) is 2.74. The zero-order valence-corrected chi connectivity index (χ0v) is 14.2. The second-order valence-corrected chi connectivity index (χ2v) is 7.50. The van der Waals surface area contributed by atoms with Crippen LogP contribution >= 0.6 is 0 Å². The van der Waals surface area contributed by atoms with Gasteiger partial charge in [-0.1, -0.05) is 6.07 Å². The minimum absolute atomic E-state index is 0.0355. The van der Waals surface area contributed by atoms with Crippen molar-refractivity contribution in [3.8, 4) is 0 Å². The van der Waals surface area contributed by atoms with Crippen LogP contribution in [-0.4, -0.2) is 53.9 Å². The van der Waals surface area contributed by atoms with Crippen molar-refractivity contribution in [2.75, 3.05) is 19.6 Å². The number of carbonyl (C=O) groups is 1. The van der Waals surface area contributed by atoms with Crippen LogP contribution in [0.25, 0.3) is 0 Å². The number of carbonyl (C=O) groups excluding carboxylic acids is 1. The maximum atomic E-state index is 13.1. The first-order valence-corrected chi connectivity index (χ1v) is 9.33. The number of hydrogen-bond acceptors (Lipinski definition) is 5. The van der Waals surface area contributed by atoms with Crippen molar-refractivity contribution in [3.05, 3.63) is 42.5 Å². The summed E-state index contributed by atoms with van der Waals surface area (Å²) in [6.45, 7) is 1.05. The molecule has 1 aliphatic rings. The van der Waals surface area contributed by atoms with E-state index in [1.54, 1.807) is 22.1 Å². The molecule has 3 rings (SSSR count). The number of amides is 1. The molecule has 0 aliphatic carbocycles. The minimum atomic E-state index is -3.83. The molecular formula is C15H18FN5O3S. The van der Waals surface area contributed by atoms with E-state index >= 15 is 0 Å². The summed E-state index contributed by atoms with van der Waals surface area (Å²) in [7, 11) is -3.83. The van der Waals surface area contributed by atoms with E-state index in [-0.39, 0.29) is 29.8 Å². The van der Waals surface area contributed by atoms with Crippen molar-refractivity contribution in [2.24, 2.45) is 0 Å². The van der Waals surface area contributed by atoms with Gasteiger partial charge in [-0.3, -0.25) is 4.79 Å². The Morgan fingerprint density at radius 3 is 2.80 bits per heavy atom. The van der Waals surface area contributed by atoms with Crippen molar-refractivity contribution in [1.29, 1.82) is 0 Å². The third-order valence-electron chi connectivity index (χ3n) is 4.02. The predicted molar refractivity (Wildman–Crippen MR) is 86.5 cm³/mol. The van der Waals surface area contributed by atoms with Crippen molar-refractivity contribution in [3.63, 3.8) is 0 Å². The molecule has 0 radical (unpaired) electrons. The molecule has 0 spiro atoms. The molecule has 1 saturated heterocycles. The van der Waals surface area contributed by atoms with Crippen LogP contribution in [-0.2, 0) is 14.8 Å². The molecule has 8 nitrogen and oxygen atoms in total. The fourth-order valence-corrected chi connectivity index (χ4v) is 3.80. The van der Waals surface area contributed by atoms with E-state index in [1.807, 2.05) is 0 Å². The molecule has 134 valence electrons. The van der Waals surface area contributed by atoms with Crippen LogP contribution in [0.2, 0.25) is 0 Å². The summed E-state index contributed by atoms with van der Waals surface area (Å²) in [6, 6.07) is 4.77. The van der Waals surface area contributed by atoms with Crippen LogP contribution in [0, 0.1) is 5.82 Å². The van der Waals surface area contributed by atoms with Gasteiger partial charge in [0.1, 0.15) is 5.82 Å². The molecule has 1 aromatic heterocycles. The van der Waals surface area contributed by atoms with Gasteiger partial charge >= 0.3 is 0 Å². The van der Waals surface area contributed by atoms with Gasteiger partial charge in [0, 0.05) is 26.1 Å². The van der Waals surface area contributed by atoms with Gasteiger partial charge in [-0.15, -0.1) is 0 Å². The Morgan fingerprint density at radius 2 is 2.08 bits per heavy atom. The van der Waals surface area contributed by atoms with Gasteiger partial charge in [0.2, 0.25) is 15.9 Å². The lowest BCUT2D eigenvalue weighted by Gasteiger charge is -2.16. The number of hydrogen-bond donors (Lipinski definition) is 1. The normalized spacial score (nSPS) is 17.8. The molecule has 2 heterocycles. The Morgan fingerprint density at radius 1 is 1.32 bits per heavy atom. The SMILES string of the molecule is O=C(CCNS(=O)(=O)c1cccc(F)c1)N1CCC(n2nccn2)C1. The molecule has 1 aliphatic heterocycles. The molecular weight excluding hydrogens is 349 g/mol. The summed E-state index contributed by atoms with van der Waals surface area (Å²) < 4.78 is 39.6. The van der Waals surface area contributed by atoms with Crippen LogP contribution in [0.1, 0.15) is 18.9 Å². The van der Waals surface area contributed by atoms with E-state index in [0.717, 1.165) is 12.5 Å². The van der Waals surface area contributed by atoms with E-state index in [2.05, 4.69) is 14.9 Å². The van der Waals surface area contributed by atoms with E-state index in [4.69, 9.17) is 0 Å². The van der Waals surface area contributed by atoms with Crippen molar-refractivity contribution >= 4 is 15.9 Å². The lowest BCUT2D eigenvalue weighted by molar-refractivity contribution is -0.130. The molecule has 2 aromatic rings. The lowest BCUT2D eigenvalue weighted by atomic mass is 10.3. The molecule has 1 amide bonds. The zero-order chi connectivity index (χ0) is 17.9. The van der Waals surface area contributed by atoms with Gasteiger partial charge in [0.05, 0.1) is 23.3 Å². The van der Waals surface area contributed by atoms with Crippen LogP contribution in [0.15, 0.2) is 41.6 Å². The monoisotopic (exact) mass is 367 g/mol. The highest BCUT2D eigenvalue weighted by atomic mass is 32.2. The van der Waals surface area contributed by atoms with Crippen LogP contribution in [0.5, 0.6) is 0 Å². The van der Waals surface area contributed by atoms with Gasteiger partial charge in [0.25, 0.3) is 0 Å². The topological polar surface area (TPSA) is 97.2 Å². The number of benzene rings is 1. The lowest BCUT2D eigenvalue weighted by Crippen LogP contribution is -2.33. The van der Waals surface area contributed by atoms with Crippen LogP contribution in [0.4, 0.5) is 4.39 Å². The molecule has 1 N–H and O–H groups in total. The molecule has 1 fully saturated rings. The van der Waals surface area contributed by atoms with Crippen LogP contribution in [0.3, 0.4) is 0 Å². The van der Waals surface area contributed by atoms with Crippen LogP contribution < -0.4 is 4.72 Å². The molecule has 1 unspecified atom stereocenters. The molecule has 0 saturated carbocycles. The summed E-state index contributed by atoms with van der Waals surface area (Å²) in [6.07, 6.45) is 3.97. The predicted octanol–water partition coefficient (Wildman–Crippen LogP) is 0.559. The Bertz CT molecular complexity index is 841. The number of aromatic nitrogens is 3. The number of nitrogens with zero attached hydrogens (tertiary/aromatic N) is 4. The van der Waals surface area contributed by atoms with E-state index in [9.17, 15) is 17.6 Å². The number of rotatable bonds is 6. The minimum Gasteiger partial charge on any atom is -0.340 e. The molecule has 0 bridgehead atoms. The average Bonchev–Trinajstić information content (AvgIpc) is 3.26. The maximum absolute atomic E-state index is 13.1.